The molecule has 0 radical (unpaired) electrons. The van der Waals surface area contributed by atoms with E-state index in [2.05, 4.69) is 20.6 Å². The van der Waals surface area contributed by atoms with Crippen LogP contribution >= 0.6 is 23.2 Å². The molecule has 4 heterocycles. The Kier molecular flexibility index (Phi) is 13.6. The number of amides is 4. The van der Waals surface area contributed by atoms with Crippen LogP contribution in [-0.2, 0) is 19.1 Å². The summed E-state index contributed by atoms with van der Waals surface area (Å²) >= 11 is 13.5. The van der Waals surface area contributed by atoms with Gasteiger partial charge < -0.3 is 45.0 Å². The summed E-state index contributed by atoms with van der Waals surface area (Å²) in [4.78, 5) is 70.7. The van der Waals surface area contributed by atoms with Gasteiger partial charge in [-0.25, -0.2) is 19.6 Å². The third-order valence-corrected chi connectivity index (χ3v) is 11.8. The normalized spacial score (nSPS) is 20.3. The highest BCUT2D eigenvalue weighted by molar-refractivity contribution is 6.32. The Bertz CT molecular complexity index is 2140. The van der Waals surface area contributed by atoms with Crippen LogP contribution in [0.2, 0.25) is 10.3 Å². The molecule has 2 unspecified atom stereocenters. The van der Waals surface area contributed by atoms with Crippen molar-refractivity contribution in [3.8, 4) is 33.6 Å². The van der Waals surface area contributed by atoms with Gasteiger partial charge >= 0.3 is 12.2 Å². The minimum absolute atomic E-state index is 0.0358. The number of hydrogen-bond donors (Lipinski definition) is 5. The molecule has 2 aromatic carbocycles. The number of hydrogen-bond acceptors (Lipinski definition) is 8. The van der Waals surface area contributed by atoms with E-state index >= 15 is 0 Å². The number of alkyl carbamates (subject to hydrolysis) is 1. The Balaban J connectivity index is 1.18. The molecule has 4 amide bonds. The first-order chi connectivity index (χ1) is 28.1. The van der Waals surface area contributed by atoms with Crippen molar-refractivity contribution in [2.24, 2.45) is 17.8 Å². The van der Waals surface area contributed by atoms with Crippen molar-refractivity contribution >= 4 is 47.2 Å². The Morgan fingerprint density at radius 2 is 1.27 bits per heavy atom. The van der Waals surface area contributed by atoms with E-state index in [4.69, 9.17) is 42.6 Å². The van der Waals surface area contributed by atoms with Gasteiger partial charge in [-0.15, -0.1) is 0 Å². The summed E-state index contributed by atoms with van der Waals surface area (Å²) < 4.78 is 10.2. The molecule has 6 atom stereocenters. The molecule has 0 saturated carbocycles. The Morgan fingerprint density at radius 3 is 1.75 bits per heavy atom. The first kappa shape index (κ1) is 43.5. The maximum absolute atomic E-state index is 13.8. The molecular formula is C42H52Cl2N8O7. The van der Waals surface area contributed by atoms with Crippen LogP contribution in [0, 0.1) is 17.8 Å². The highest BCUT2D eigenvalue weighted by atomic mass is 35.5. The smallest absolute Gasteiger partial charge is 0.407 e. The lowest BCUT2D eigenvalue weighted by molar-refractivity contribution is -0.137. The SMILES string of the molecule is COC[C@H]1CC(c2nc(-c3ccc(-c4ccc(-c5nc([C@H]6CC[C@H](C)N6C(=O)C(NC(=O)OC)C(C)C)[nH]c5Cl)cc4)cc3)c(Cl)[nH]2)N(C(=O)[C@@H](NC(=O)O)C(C)C)C1. The molecule has 4 aromatic rings. The van der Waals surface area contributed by atoms with Gasteiger partial charge in [0.2, 0.25) is 11.8 Å². The predicted molar refractivity (Wildman–Crippen MR) is 224 cm³/mol. The van der Waals surface area contributed by atoms with E-state index in [0.29, 0.717) is 59.3 Å². The number of carboxylic acid groups (broad SMARTS) is 1. The van der Waals surface area contributed by atoms with Crippen LogP contribution in [0.3, 0.4) is 0 Å². The average molecular weight is 852 g/mol. The number of carbonyl (C=O) groups excluding carboxylic acids is 3. The average Bonchev–Trinajstić information content (AvgIpc) is 4.00. The molecule has 0 spiro atoms. The van der Waals surface area contributed by atoms with E-state index in [9.17, 15) is 24.3 Å². The molecule has 15 nitrogen and oxygen atoms in total. The molecule has 0 bridgehead atoms. The van der Waals surface area contributed by atoms with Crippen molar-refractivity contribution in [3.05, 3.63) is 70.5 Å². The number of rotatable bonds is 13. The second-order valence-electron chi connectivity index (χ2n) is 16.0. The summed E-state index contributed by atoms with van der Waals surface area (Å²) in [5, 5.41) is 15.2. The minimum atomic E-state index is -1.26. The monoisotopic (exact) mass is 850 g/mol. The van der Waals surface area contributed by atoms with Crippen LogP contribution in [0.4, 0.5) is 9.59 Å². The van der Waals surface area contributed by atoms with E-state index in [-0.39, 0.29) is 41.7 Å². The number of halogens is 2. The fourth-order valence-electron chi connectivity index (χ4n) is 8.17. The first-order valence-corrected chi connectivity index (χ1v) is 20.5. The number of carbonyl (C=O) groups is 4. The summed E-state index contributed by atoms with van der Waals surface area (Å²) in [7, 11) is 2.88. The zero-order valence-electron chi connectivity index (χ0n) is 34.2. The van der Waals surface area contributed by atoms with Crippen LogP contribution in [0.5, 0.6) is 0 Å². The number of methoxy groups -OCH3 is 2. The third kappa shape index (κ3) is 9.37. The summed E-state index contributed by atoms with van der Waals surface area (Å²) in [6.45, 7) is 10.2. The lowest BCUT2D eigenvalue weighted by Crippen LogP contribution is -2.52. The number of aromatic nitrogens is 4. The molecule has 2 aliphatic heterocycles. The molecule has 2 aromatic heterocycles. The van der Waals surface area contributed by atoms with E-state index in [1.807, 2.05) is 69.3 Å². The fraction of sp³-hybridized carbons (Fsp3) is 0.476. The van der Waals surface area contributed by atoms with Crippen LogP contribution < -0.4 is 10.6 Å². The maximum Gasteiger partial charge on any atom is 0.407 e. The number of nitrogens with one attached hydrogen (secondary N) is 4. The second kappa shape index (κ2) is 18.4. The van der Waals surface area contributed by atoms with Gasteiger partial charge in [0, 0.05) is 36.7 Å². The Morgan fingerprint density at radius 1 is 0.780 bits per heavy atom. The van der Waals surface area contributed by atoms with Gasteiger partial charge in [-0.1, -0.05) is 99.4 Å². The predicted octanol–water partition coefficient (Wildman–Crippen LogP) is 7.70. The third-order valence-electron chi connectivity index (χ3n) is 11.2. The van der Waals surface area contributed by atoms with Crippen molar-refractivity contribution in [1.29, 1.82) is 0 Å². The van der Waals surface area contributed by atoms with Crippen LogP contribution in [0.15, 0.2) is 48.5 Å². The minimum Gasteiger partial charge on any atom is -0.465 e. The van der Waals surface area contributed by atoms with E-state index in [0.717, 1.165) is 28.7 Å². The quantitative estimate of drug-likeness (QED) is 0.0896. The lowest BCUT2D eigenvalue weighted by atomic mass is 10.0. The summed E-state index contributed by atoms with van der Waals surface area (Å²) in [5.74, 6) is 0.197. The molecule has 5 N–H and O–H groups in total. The number of nitrogens with zero attached hydrogens (tertiary/aromatic N) is 4. The van der Waals surface area contributed by atoms with Gasteiger partial charge in [0.15, 0.2) is 0 Å². The Labute approximate surface area is 353 Å². The van der Waals surface area contributed by atoms with Crippen molar-refractivity contribution in [2.75, 3.05) is 27.4 Å². The highest BCUT2D eigenvalue weighted by Gasteiger charge is 2.43. The standard InChI is InChI=1S/C42H52Cl2N8O7/c1-21(2)31(47-41(55)56)39(53)51-19-24(20-58-6)18-30(51)38-46-34(36(44)50-38)28-15-11-26(12-16-28)25-9-13-27(14-10-25)33-35(43)49-37(45-33)29-17-8-23(5)52(29)40(54)32(22(3)4)48-42(57)59-7/h9-16,21-24,29-32,47H,8,17-20H2,1-7H3,(H,45,49)(H,46,50)(H,48,57)(H,55,56)/t23-,24-,29+,30?,31-,32?/m0/s1. The van der Waals surface area contributed by atoms with Gasteiger partial charge in [-0.3, -0.25) is 9.59 Å². The van der Waals surface area contributed by atoms with Crippen LogP contribution in [0.25, 0.3) is 33.6 Å². The number of ether oxygens (including phenoxy) is 2. The number of likely N-dealkylation sites (tertiary alicyclic amines) is 2. The zero-order chi connectivity index (χ0) is 42.7. The van der Waals surface area contributed by atoms with E-state index in [1.54, 1.807) is 30.8 Å². The van der Waals surface area contributed by atoms with Gasteiger partial charge in [0.05, 0.1) is 25.8 Å². The fourth-order valence-corrected chi connectivity index (χ4v) is 8.67. The van der Waals surface area contributed by atoms with Crippen molar-refractivity contribution < 1.29 is 33.8 Å². The first-order valence-electron chi connectivity index (χ1n) is 19.8. The molecule has 2 fully saturated rings. The van der Waals surface area contributed by atoms with Gasteiger partial charge in [0.1, 0.15) is 45.4 Å². The van der Waals surface area contributed by atoms with Crippen molar-refractivity contribution in [3.63, 3.8) is 0 Å². The molecular weight excluding hydrogens is 799 g/mol. The largest absolute Gasteiger partial charge is 0.465 e. The number of benzene rings is 2. The van der Waals surface area contributed by atoms with Crippen molar-refractivity contribution in [1.82, 2.24) is 40.4 Å². The molecule has 59 heavy (non-hydrogen) atoms. The number of aromatic amines is 2. The zero-order valence-corrected chi connectivity index (χ0v) is 35.7. The second-order valence-corrected chi connectivity index (χ2v) is 16.8. The summed E-state index contributed by atoms with van der Waals surface area (Å²) in [6.07, 6.45) is 0.125. The molecule has 17 heteroatoms. The highest BCUT2D eigenvalue weighted by Crippen LogP contribution is 2.40. The van der Waals surface area contributed by atoms with Gasteiger partial charge in [-0.2, -0.15) is 0 Å². The maximum atomic E-state index is 13.8. The Hall–Kier alpha value is -5.12. The molecule has 2 aliphatic rings. The van der Waals surface area contributed by atoms with E-state index < -0.39 is 30.3 Å². The van der Waals surface area contributed by atoms with E-state index in [1.165, 1.54) is 7.11 Å². The van der Waals surface area contributed by atoms with Gasteiger partial charge in [0.25, 0.3) is 0 Å². The number of imidazole rings is 2. The van der Waals surface area contributed by atoms with Crippen LogP contribution in [0.1, 0.15) is 77.6 Å². The van der Waals surface area contributed by atoms with Crippen LogP contribution in [-0.4, -0.2) is 104 Å². The molecule has 2 saturated heterocycles. The summed E-state index contributed by atoms with van der Waals surface area (Å²) in [5.41, 5.74) is 4.60. The topological polar surface area (TPSA) is 195 Å². The molecule has 0 aliphatic carbocycles. The van der Waals surface area contributed by atoms with Gasteiger partial charge in [-0.05, 0) is 49.1 Å². The number of H-pyrrole nitrogens is 2. The molecule has 316 valence electrons. The summed E-state index contributed by atoms with van der Waals surface area (Å²) in [6, 6.07) is 13.2. The van der Waals surface area contributed by atoms with Crippen molar-refractivity contribution in [2.45, 2.75) is 84.1 Å². The lowest BCUT2D eigenvalue weighted by Gasteiger charge is -2.32. The molecule has 6 rings (SSSR count).